The van der Waals surface area contributed by atoms with Crippen LogP contribution in [0.2, 0.25) is 0 Å². The van der Waals surface area contributed by atoms with Crippen molar-refractivity contribution in [3.05, 3.63) is 0 Å². The monoisotopic (exact) mass is 412 g/mol. The van der Waals surface area contributed by atoms with Crippen molar-refractivity contribution in [2.75, 3.05) is 69.6 Å². The van der Waals surface area contributed by atoms with Gasteiger partial charge in [-0.3, -0.25) is 9.13 Å². The van der Waals surface area contributed by atoms with Crippen LogP contribution >= 0.6 is 15.3 Å². The van der Waals surface area contributed by atoms with Gasteiger partial charge < -0.3 is 9.05 Å². The summed E-state index contributed by atoms with van der Waals surface area (Å²) in [6.45, 7) is 0.853. The summed E-state index contributed by atoms with van der Waals surface area (Å²) >= 11 is 0. The molecule has 0 aliphatic heterocycles. The molecular weight excluding hydrogens is 374 g/mol. The first-order valence-corrected chi connectivity index (χ1v) is 12.2. The maximum atomic E-state index is 13.0. The second-order valence-corrected chi connectivity index (χ2v) is 13.4. The molecule has 8 nitrogen and oxygen atoms in total. The first-order chi connectivity index (χ1) is 11.9. The van der Waals surface area contributed by atoms with Crippen LogP contribution in [0.5, 0.6) is 0 Å². The summed E-state index contributed by atoms with van der Waals surface area (Å²) in [5.41, 5.74) is 0. The SMILES string of the molecule is CN(C)P(=O)(OCC1CCCCC1COP(=O)(N(C)C)N(C)C)N(C)C. The lowest BCUT2D eigenvalue weighted by Gasteiger charge is -2.36. The Labute approximate surface area is 159 Å². The molecule has 10 heteroatoms. The van der Waals surface area contributed by atoms with E-state index in [0.717, 1.165) is 25.7 Å². The fourth-order valence-corrected chi connectivity index (χ4v) is 6.41. The van der Waals surface area contributed by atoms with Crippen molar-refractivity contribution in [1.82, 2.24) is 18.7 Å². The third kappa shape index (κ3) is 5.86. The zero-order valence-electron chi connectivity index (χ0n) is 17.7. The van der Waals surface area contributed by atoms with E-state index in [1.807, 2.05) is 0 Å². The van der Waals surface area contributed by atoms with Crippen LogP contribution in [0.25, 0.3) is 0 Å². The molecule has 0 aromatic heterocycles. The van der Waals surface area contributed by atoms with E-state index in [1.54, 1.807) is 75.1 Å². The molecular formula is C16H38N4O4P2. The third-order valence-corrected chi connectivity index (χ3v) is 10.0. The lowest BCUT2D eigenvalue weighted by Crippen LogP contribution is -2.31. The highest BCUT2D eigenvalue weighted by molar-refractivity contribution is 7.54. The zero-order valence-corrected chi connectivity index (χ0v) is 19.5. The fraction of sp³-hybridized carbons (Fsp3) is 1.00. The summed E-state index contributed by atoms with van der Waals surface area (Å²) in [7, 11) is 8.19. The van der Waals surface area contributed by atoms with E-state index in [2.05, 4.69) is 0 Å². The number of rotatable bonds is 10. The molecule has 1 aliphatic rings. The van der Waals surface area contributed by atoms with Crippen molar-refractivity contribution in [1.29, 1.82) is 0 Å². The molecule has 2 atom stereocenters. The minimum atomic E-state index is -2.98. The summed E-state index contributed by atoms with van der Waals surface area (Å²) < 4.78 is 44.4. The molecule has 0 aromatic carbocycles. The maximum absolute atomic E-state index is 13.0. The number of hydrogen-bond acceptors (Lipinski definition) is 4. The van der Waals surface area contributed by atoms with Crippen molar-refractivity contribution in [2.45, 2.75) is 25.7 Å². The Morgan fingerprint density at radius 3 is 1.15 bits per heavy atom. The second-order valence-electron chi connectivity index (χ2n) is 7.77. The molecule has 156 valence electrons. The summed E-state index contributed by atoms with van der Waals surface area (Å²) in [6, 6.07) is 0. The third-order valence-electron chi connectivity index (χ3n) is 5.00. The molecule has 1 fully saturated rings. The van der Waals surface area contributed by atoms with Gasteiger partial charge in [0.1, 0.15) is 0 Å². The summed E-state index contributed by atoms with van der Waals surface area (Å²) in [4.78, 5) is 0. The van der Waals surface area contributed by atoms with Gasteiger partial charge in [0.05, 0.1) is 13.2 Å². The Morgan fingerprint density at radius 1 is 0.654 bits per heavy atom. The first kappa shape index (κ1) is 24.3. The molecule has 0 radical (unpaired) electrons. The molecule has 0 heterocycles. The molecule has 0 bridgehead atoms. The normalized spacial score (nSPS) is 22.8. The zero-order chi connectivity index (χ0) is 20.1. The van der Waals surface area contributed by atoms with Gasteiger partial charge in [0, 0.05) is 0 Å². The highest BCUT2D eigenvalue weighted by Gasteiger charge is 2.36. The molecule has 0 N–H and O–H groups in total. The largest absolute Gasteiger partial charge is 0.345 e. The van der Waals surface area contributed by atoms with Crippen LogP contribution in [-0.2, 0) is 18.2 Å². The Kier molecular flexibility index (Phi) is 9.45. The Balaban J connectivity index is 2.76. The van der Waals surface area contributed by atoms with Gasteiger partial charge in [-0.25, -0.2) is 18.7 Å². The lowest BCUT2D eigenvalue weighted by molar-refractivity contribution is 0.0906. The quantitative estimate of drug-likeness (QED) is 0.507. The first-order valence-electron chi connectivity index (χ1n) is 9.15. The van der Waals surface area contributed by atoms with Gasteiger partial charge in [0.2, 0.25) is 0 Å². The van der Waals surface area contributed by atoms with E-state index < -0.39 is 15.3 Å². The number of hydrogen-bond donors (Lipinski definition) is 0. The minimum Gasteiger partial charge on any atom is -0.306 e. The van der Waals surface area contributed by atoms with Crippen LogP contribution < -0.4 is 0 Å². The molecule has 1 aliphatic carbocycles. The second kappa shape index (κ2) is 10.1. The number of nitrogens with zero attached hydrogens (tertiary/aromatic N) is 4. The van der Waals surface area contributed by atoms with Crippen LogP contribution in [0.4, 0.5) is 0 Å². The summed E-state index contributed by atoms with van der Waals surface area (Å²) in [5, 5.41) is 0. The van der Waals surface area contributed by atoms with Crippen LogP contribution in [0.3, 0.4) is 0 Å². The molecule has 0 spiro atoms. The topological polar surface area (TPSA) is 65.6 Å². The molecule has 26 heavy (non-hydrogen) atoms. The van der Waals surface area contributed by atoms with E-state index in [-0.39, 0.29) is 11.8 Å². The van der Waals surface area contributed by atoms with Gasteiger partial charge >= 0.3 is 15.3 Å². The van der Waals surface area contributed by atoms with Gasteiger partial charge in [-0.15, -0.1) is 0 Å². The fourth-order valence-electron chi connectivity index (χ4n) is 3.29. The van der Waals surface area contributed by atoms with E-state index in [9.17, 15) is 9.13 Å². The van der Waals surface area contributed by atoms with E-state index in [0.29, 0.717) is 13.2 Å². The maximum Gasteiger partial charge on any atom is 0.345 e. The van der Waals surface area contributed by atoms with Crippen molar-refractivity contribution in [3.63, 3.8) is 0 Å². The smallest absolute Gasteiger partial charge is 0.306 e. The summed E-state index contributed by atoms with van der Waals surface area (Å²) in [5.74, 6) is 0.518. The van der Waals surface area contributed by atoms with Crippen LogP contribution in [0.1, 0.15) is 25.7 Å². The highest BCUT2D eigenvalue weighted by Crippen LogP contribution is 2.53. The summed E-state index contributed by atoms with van der Waals surface area (Å²) in [6.07, 6.45) is 4.31. The van der Waals surface area contributed by atoms with Crippen LogP contribution in [-0.4, -0.2) is 88.3 Å². The van der Waals surface area contributed by atoms with Crippen molar-refractivity contribution in [2.24, 2.45) is 11.8 Å². The van der Waals surface area contributed by atoms with E-state index >= 15 is 0 Å². The molecule has 1 saturated carbocycles. The van der Waals surface area contributed by atoms with Crippen molar-refractivity contribution in [3.8, 4) is 0 Å². The van der Waals surface area contributed by atoms with Gasteiger partial charge in [-0.1, -0.05) is 12.8 Å². The Morgan fingerprint density at radius 2 is 0.923 bits per heavy atom. The average Bonchev–Trinajstić information content (AvgIpc) is 2.57. The predicted octanol–water partition coefficient (Wildman–Crippen LogP) is 3.29. The van der Waals surface area contributed by atoms with Gasteiger partial charge in [0.25, 0.3) is 0 Å². The van der Waals surface area contributed by atoms with Gasteiger partial charge in [0.15, 0.2) is 0 Å². The minimum absolute atomic E-state index is 0.259. The highest BCUT2D eigenvalue weighted by atomic mass is 31.2. The molecule has 2 unspecified atom stereocenters. The lowest BCUT2D eigenvalue weighted by atomic mass is 9.80. The van der Waals surface area contributed by atoms with Crippen molar-refractivity contribution < 1.29 is 18.2 Å². The van der Waals surface area contributed by atoms with Gasteiger partial charge in [-0.2, -0.15) is 0 Å². The standard InChI is InChI=1S/C16H38N4O4P2/c1-17(2)25(21,18(3)4)23-13-15-11-9-10-12-16(15)14-24-26(22,19(5)6)20(7)8/h15-16H,9-14H2,1-8H3. The Bertz CT molecular complexity index is 458. The molecule has 0 aromatic rings. The van der Waals surface area contributed by atoms with E-state index in [4.69, 9.17) is 9.05 Å². The molecule has 0 saturated heterocycles. The molecule has 0 amide bonds. The van der Waals surface area contributed by atoms with Crippen molar-refractivity contribution >= 4 is 15.3 Å². The Hall–Kier alpha value is 0.220. The average molecular weight is 412 g/mol. The molecule has 1 rings (SSSR count). The van der Waals surface area contributed by atoms with E-state index in [1.165, 1.54) is 0 Å². The van der Waals surface area contributed by atoms with Gasteiger partial charge in [-0.05, 0) is 81.1 Å². The van der Waals surface area contributed by atoms with Crippen LogP contribution in [0.15, 0.2) is 0 Å². The predicted molar refractivity (Wildman–Crippen MR) is 107 cm³/mol. The van der Waals surface area contributed by atoms with Crippen LogP contribution in [0, 0.1) is 11.8 Å².